The molecular weight excluding hydrogens is 1010 g/mol. The van der Waals surface area contributed by atoms with Crippen LogP contribution in [-0.2, 0) is 33.6 Å². The van der Waals surface area contributed by atoms with Gasteiger partial charge in [0.05, 0.1) is 12.1 Å². The van der Waals surface area contributed by atoms with Crippen molar-refractivity contribution in [3.8, 4) is 5.75 Å². The van der Waals surface area contributed by atoms with Crippen LogP contribution >= 0.6 is 11.6 Å². The fourth-order valence-corrected chi connectivity index (χ4v) is 9.59. The number of imide groups is 1. The molecule has 8 N–H and O–H groups in total. The Morgan fingerprint density at radius 1 is 0.766 bits per heavy atom. The van der Waals surface area contributed by atoms with E-state index in [9.17, 15) is 47.9 Å². The second-order valence-corrected chi connectivity index (χ2v) is 19.9. The van der Waals surface area contributed by atoms with E-state index in [1.54, 1.807) is 40.1 Å². The van der Waals surface area contributed by atoms with Crippen molar-refractivity contribution in [2.75, 3.05) is 67.7 Å². The maximum absolute atomic E-state index is 14.4. The Hall–Kier alpha value is -8.63. The van der Waals surface area contributed by atoms with E-state index < -0.39 is 84.4 Å². The van der Waals surface area contributed by atoms with Crippen molar-refractivity contribution in [1.82, 2.24) is 35.6 Å². The number of anilines is 3. The van der Waals surface area contributed by atoms with Crippen LogP contribution in [0.4, 0.5) is 21.9 Å². The largest absolute Gasteiger partial charge is 0.415 e. The Morgan fingerprint density at radius 3 is 2.09 bits per heavy atom. The van der Waals surface area contributed by atoms with Crippen LogP contribution in [0.3, 0.4) is 0 Å². The molecule has 4 atom stereocenters. The van der Waals surface area contributed by atoms with Gasteiger partial charge in [-0.15, -0.1) is 11.6 Å². The number of piperazine rings is 1. The standard InChI is InChI=1S/C54H58ClN11O11/c1-29(2)21-39(62-52(74)40(24-44(56)67)61-49(71)30(3)57-45(68)28-66-46(69)15-16-47(66)70)51(73)58-34-11-9-31(10-12-34)50(72)59-35-13-14-38-32(22-35)23-41(60-38)53(75)65-27-33(26-55)48-37-8-6-5-7-36(37)43(25-42(48)65)77-54(76)64-19-17-63(4)18-20-64/h5-16,22-23,25,29-30,33,39-40,60H,17-21,24,26-28H2,1-4H3,(H2,56,67)(H,57,68)(H,58,73)(H,59,72)(H,61,71)(H,62,74)/t30-,33+,39-,40-/m0/s1. The number of halogens is 1. The molecule has 77 heavy (non-hydrogen) atoms. The lowest BCUT2D eigenvalue weighted by Crippen LogP contribution is -2.57. The number of H-pyrrole nitrogens is 1. The molecule has 22 nitrogen and oxygen atoms in total. The summed E-state index contributed by atoms with van der Waals surface area (Å²) in [5.41, 5.74) is 8.78. The predicted octanol–water partition coefficient (Wildman–Crippen LogP) is 3.56. The quantitative estimate of drug-likeness (QED) is 0.0490. The van der Waals surface area contributed by atoms with Crippen LogP contribution in [0.25, 0.3) is 21.7 Å². The van der Waals surface area contributed by atoms with E-state index in [4.69, 9.17) is 22.1 Å². The molecule has 1 aromatic heterocycles. The number of aromatic nitrogens is 1. The van der Waals surface area contributed by atoms with Gasteiger partial charge in [-0.05, 0) is 85.8 Å². The van der Waals surface area contributed by atoms with Crippen molar-refractivity contribution in [2.24, 2.45) is 11.7 Å². The molecule has 0 spiro atoms. The molecule has 3 aliphatic heterocycles. The highest BCUT2D eigenvalue weighted by Gasteiger charge is 2.37. The number of fused-ring (bicyclic) bond motifs is 4. The first-order chi connectivity index (χ1) is 36.8. The molecule has 0 saturated carbocycles. The van der Waals surface area contributed by atoms with Gasteiger partial charge in [0.1, 0.15) is 36.1 Å². The van der Waals surface area contributed by atoms with Gasteiger partial charge in [-0.2, -0.15) is 0 Å². The number of nitrogens with one attached hydrogen (secondary N) is 6. The Morgan fingerprint density at radius 2 is 1.43 bits per heavy atom. The summed E-state index contributed by atoms with van der Waals surface area (Å²) in [5.74, 6) is -6.12. The molecule has 0 unspecified atom stereocenters. The number of rotatable bonds is 18. The number of carbonyl (C=O) groups excluding carboxylic acids is 10. The van der Waals surface area contributed by atoms with Gasteiger partial charge in [-0.3, -0.25) is 48.1 Å². The van der Waals surface area contributed by atoms with Crippen LogP contribution in [0.15, 0.2) is 91.0 Å². The SMILES string of the molecule is CC(C)C[C@H](NC(=O)[C@H](CC(N)=O)NC(=O)[C@H](C)NC(=O)CN1C(=O)C=CC1=O)C(=O)Nc1ccc(C(=O)Nc2ccc3[nH]c(C(=O)N4C[C@@H](CCl)c5c4cc(OC(=O)N4CCN(C)CC4)c4ccccc54)cc3c2)cc1. The van der Waals surface area contributed by atoms with E-state index in [2.05, 4.69) is 36.5 Å². The molecule has 0 aliphatic carbocycles. The summed E-state index contributed by atoms with van der Waals surface area (Å²) in [6, 6.07) is 18.2. The summed E-state index contributed by atoms with van der Waals surface area (Å²) in [4.78, 5) is 139. The lowest BCUT2D eigenvalue weighted by molar-refractivity contribution is -0.141. The molecule has 10 amide bonds. The Balaban J connectivity index is 0.893. The highest BCUT2D eigenvalue weighted by Crippen LogP contribution is 2.46. The number of carbonyl (C=O) groups is 10. The second kappa shape index (κ2) is 23.5. The number of nitrogens with two attached hydrogens (primary N) is 1. The van der Waals surface area contributed by atoms with E-state index in [-0.39, 0.29) is 41.3 Å². The highest BCUT2D eigenvalue weighted by molar-refractivity contribution is 6.19. The van der Waals surface area contributed by atoms with Crippen LogP contribution in [0.5, 0.6) is 5.75 Å². The number of likely N-dealkylation sites (N-methyl/N-ethyl adjacent to an activating group) is 1. The van der Waals surface area contributed by atoms with E-state index in [1.165, 1.54) is 31.2 Å². The monoisotopic (exact) mass is 1070 g/mol. The average Bonchev–Trinajstić information content (AvgIpc) is 4.15. The van der Waals surface area contributed by atoms with Gasteiger partial charge in [-0.25, -0.2) is 4.79 Å². The number of amides is 10. The molecule has 5 aromatic rings. The number of hydrogen-bond acceptors (Lipinski definition) is 12. The molecule has 0 bridgehead atoms. The molecule has 4 aromatic carbocycles. The summed E-state index contributed by atoms with van der Waals surface area (Å²) in [5, 5.41) is 15.1. The van der Waals surface area contributed by atoms with Gasteiger partial charge in [0.2, 0.25) is 29.5 Å². The van der Waals surface area contributed by atoms with E-state index in [0.29, 0.717) is 58.3 Å². The first kappa shape index (κ1) is 54.6. The van der Waals surface area contributed by atoms with Gasteiger partial charge in [0.25, 0.3) is 23.6 Å². The summed E-state index contributed by atoms with van der Waals surface area (Å²) < 4.78 is 6.04. The minimum atomic E-state index is -1.55. The Kier molecular flexibility index (Phi) is 16.7. The molecule has 4 heterocycles. The number of benzene rings is 4. The van der Waals surface area contributed by atoms with E-state index in [0.717, 1.165) is 41.6 Å². The summed E-state index contributed by atoms with van der Waals surface area (Å²) in [7, 11) is 2.00. The maximum Gasteiger partial charge on any atom is 0.415 e. The van der Waals surface area contributed by atoms with Crippen molar-refractivity contribution in [3.05, 3.63) is 108 Å². The third-order valence-electron chi connectivity index (χ3n) is 13.4. The lowest BCUT2D eigenvalue weighted by Gasteiger charge is -2.31. The van der Waals surface area contributed by atoms with Crippen molar-refractivity contribution in [1.29, 1.82) is 0 Å². The number of ether oxygens (including phenoxy) is 1. The zero-order valence-corrected chi connectivity index (χ0v) is 43.4. The molecule has 8 rings (SSSR count). The topological polar surface area (TPSA) is 295 Å². The zero-order valence-electron chi connectivity index (χ0n) is 42.6. The van der Waals surface area contributed by atoms with Crippen LogP contribution in [-0.4, -0.2) is 149 Å². The van der Waals surface area contributed by atoms with E-state index in [1.807, 2.05) is 45.2 Å². The van der Waals surface area contributed by atoms with E-state index >= 15 is 0 Å². The third kappa shape index (κ3) is 12.7. The minimum Gasteiger partial charge on any atom is -0.409 e. The van der Waals surface area contributed by atoms with Gasteiger partial charge in [-0.1, -0.05) is 38.1 Å². The average molecular weight is 1070 g/mol. The first-order valence-corrected chi connectivity index (χ1v) is 25.5. The van der Waals surface area contributed by atoms with Gasteiger partial charge in [0, 0.05) is 96.0 Å². The lowest BCUT2D eigenvalue weighted by atomic mass is 9.95. The third-order valence-corrected chi connectivity index (χ3v) is 13.8. The van der Waals surface area contributed by atoms with Crippen molar-refractivity contribution >= 4 is 110 Å². The predicted molar refractivity (Wildman–Crippen MR) is 286 cm³/mol. The number of hydrogen-bond donors (Lipinski definition) is 7. The van der Waals surface area contributed by atoms with Crippen molar-refractivity contribution in [2.45, 2.75) is 57.7 Å². The van der Waals surface area contributed by atoms with Gasteiger partial charge < -0.3 is 56.7 Å². The van der Waals surface area contributed by atoms with Crippen LogP contribution in [0, 0.1) is 5.92 Å². The number of alkyl halides is 1. The minimum absolute atomic E-state index is 0.119. The number of primary amides is 1. The smallest absolute Gasteiger partial charge is 0.409 e. The normalized spacial score (nSPS) is 16.5. The zero-order chi connectivity index (χ0) is 55.2. The van der Waals surface area contributed by atoms with Crippen molar-refractivity contribution in [3.63, 3.8) is 0 Å². The Bertz CT molecular complexity index is 3210. The molecule has 1 saturated heterocycles. The highest BCUT2D eigenvalue weighted by atomic mass is 35.5. The fourth-order valence-electron chi connectivity index (χ4n) is 9.34. The number of aromatic amines is 1. The molecule has 23 heteroatoms. The second-order valence-electron chi connectivity index (χ2n) is 19.6. The molecule has 1 fully saturated rings. The molecule has 3 aliphatic rings. The van der Waals surface area contributed by atoms with Gasteiger partial charge in [0.15, 0.2) is 0 Å². The van der Waals surface area contributed by atoms with Crippen LogP contribution < -0.4 is 42.0 Å². The molecule has 402 valence electrons. The van der Waals surface area contributed by atoms with Crippen LogP contribution in [0.1, 0.15) is 65.9 Å². The summed E-state index contributed by atoms with van der Waals surface area (Å²) in [6.45, 7) is 7.09. The summed E-state index contributed by atoms with van der Waals surface area (Å²) in [6.07, 6.45) is 1.03. The van der Waals surface area contributed by atoms with Crippen molar-refractivity contribution < 1.29 is 52.7 Å². The molecule has 0 radical (unpaired) electrons. The molecular formula is C54H58ClN11O11. The van der Waals surface area contributed by atoms with Gasteiger partial charge >= 0.3 is 6.09 Å². The van der Waals surface area contributed by atoms with Crippen LogP contribution in [0.2, 0.25) is 0 Å². The maximum atomic E-state index is 14.4. The summed E-state index contributed by atoms with van der Waals surface area (Å²) >= 11 is 6.55. The first-order valence-electron chi connectivity index (χ1n) is 24.9. The fraction of sp³-hybridized carbons (Fsp3) is 0.333. The Labute approximate surface area is 447 Å². The number of nitrogens with zero attached hydrogens (tertiary/aromatic N) is 4.